The highest BCUT2D eigenvalue weighted by atomic mass is 19.3. The van der Waals surface area contributed by atoms with Gasteiger partial charge in [-0.05, 0) is 119 Å². The van der Waals surface area contributed by atoms with Crippen LogP contribution in [0.25, 0.3) is 0 Å². The van der Waals surface area contributed by atoms with Gasteiger partial charge in [0.05, 0.1) is 28.9 Å². The first-order valence-corrected chi connectivity index (χ1v) is 13.8. The second kappa shape index (κ2) is 6.57. The molecule has 0 aromatic heterocycles. The molecule has 6 fully saturated rings. The van der Waals surface area contributed by atoms with Crippen molar-refractivity contribution in [1.29, 1.82) is 0 Å². The van der Waals surface area contributed by atoms with Crippen LogP contribution in [0.2, 0.25) is 0 Å². The number of rotatable bonds is 2. The molecule has 6 heteroatoms. The van der Waals surface area contributed by atoms with E-state index in [0.717, 1.165) is 51.4 Å². The lowest BCUT2D eigenvalue weighted by Crippen LogP contribution is -2.66. The first-order valence-electron chi connectivity index (χ1n) is 13.8. The third-order valence-corrected chi connectivity index (χ3v) is 12.8. The molecule has 10 unspecified atom stereocenters. The van der Waals surface area contributed by atoms with Crippen LogP contribution in [0.4, 0.5) is 8.78 Å². The highest BCUT2D eigenvalue weighted by Gasteiger charge is 2.83. The molecule has 4 N–H and O–H groups in total. The Morgan fingerprint density at radius 3 is 2.24 bits per heavy atom. The summed E-state index contributed by atoms with van der Waals surface area (Å²) in [6.07, 6.45) is 7.24. The molecule has 0 aromatic carbocycles. The van der Waals surface area contributed by atoms with E-state index in [1.807, 2.05) is 13.8 Å². The average molecular weight is 482 g/mol. The third kappa shape index (κ3) is 2.67. The quantitative estimate of drug-likeness (QED) is 0.516. The number of hydrogen-bond donors (Lipinski definition) is 3. The number of hydrogen-bond acceptors (Lipinski definition) is 4. The van der Waals surface area contributed by atoms with E-state index >= 15 is 0 Å². The summed E-state index contributed by atoms with van der Waals surface area (Å²) in [7, 11) is 0. The number of aliphatic hydroxyl groups excluding tert-OH is 1. The third-order valence-electron chi connectivity index (χ3n) is 12.8. The van der Waals surface area contributed by atoms with Crippen LogP contribution >= 0.6 is 0 Å². The van der Waals surface area contributed by atoms with E-state index in [2.05, 4.69) is 13.8 Å². The minimum Gasteiger partial charge on any atom is -0.393 e. The standard InChI is InChI=1S/C28H45F2NO3/c1-22(2,33)20-8-9-24(4,34-20)21-18(32)14-17-16-6-7-19-25(5,31)28(29,30)13-12-27(19)15-26(16,27)11-10-23(17,21)3/h16-21,32-33H,6-15,31H2,1-5H3/t16?,17?,18?,19?,20?,21?,23?,24?,25-,26?,27?/m0/s1. The minimum atomic E-state index is -2.79. The smallest absolute Gasteiger partial charge is 0.265 e. The minimum absolute atomic E-state index is 0.0226. The maximum absolute atomic E-state index is 14.9. The van der Waals surface area contributed by atoms with Crippen LogP contribution in [0, 0.1) is 39.9 Å². The van der Waals surface area contributed by atoms with Crippen LogP contribution in [-0.4, -0.2) is 45.1 Å². The van der Waals surface area contributed by atoms with Crippen molar-refractivity contribution in [2.75, 3.05) is 0 Å². The fraction of sp³-hybridized carbons (Fsp3) is 1.00. The molecule has 1 saturated heterocycles. The molecule has 0 aromatic rings. The summed E-state index contributed by atoms with van der Waals surface area (Å²) in [5.74, 6) is -1.97. The van der Waals surface area contributed by atoms with Crippen molar-refractivity contribution >= 4 is 0 Å². The van der Waals surface area contributed by atoms with Gasteiger partial charge in [0.1, 0.15) is 0 Å². The molecule has 0 radical (unpaired) electrons. The molecule has 11 atom stereocenters. The van der Waals surface area contributed by atoms with Crippen LogP contribution in [0.5, 0.6) is 0 Å². The van der Waals surface area contributed by atoms with E-state index < -0.39 is 28.8 Å². The van der Waals surface area contributed by atoms with E-state index in [4.69, 9.17) is 10.5 Å². The van der Waals surface area contributed by atoms with Gasteiger partial charge in [-0.25, -0.2) is 8.78 Å². The van der Waals surface area contributed by atoms with Gasteiger partial charge in [-0.15, -0.1) is 0 Å². The Balaban J connectivity index is 1.30. The van der Waals surface area contributed by atoms with Gasteiger partial charge in [0, 0.05) is 12.3 Å². The first kappa shape index (κ1) is 24.1. The number of nitrogens with two attached hydrogens (primary N) is 1. The van der Waals surface area contributed by atoms with Crippen LogP contribution < -0.4 is 5.73 Å². The monoisotopic (exact) mass is 481 g/mol. The van der Waals surface area contributed by atoms with Crippen molar-refractivity contribution in [2.45, 2.75) is 134 Å². The van der Waals surface area contributed by atoms with Gasteiger partial charge in [-0.3, -0.25) is 0 Å². The summed E-state index contributed by atoms with van der Waals surface area (Å²) in [5.41, 5.74) is 3.77. The molecule has 2 spiro atoms. The summed E-state index contributed by atoms with van der Waals surface area (Å²) in [5, 5.41) is 22.1. The maximum Gasteiger partial charge on any atom is 0.265 e. The van der Waals surface area contributed by atoms with Crippen molar-refractivity contribution in [3.63, 3.8) is 0 Å². The van der Waals surface area contributed by atoms with E-state index in [-0.39, 0.29) is 40.6 Å². The zero-order chi connectivity index (χ0) is 24.7. The van der Waals surface area contributed by atoms with Gasteiger partial charge in [0.25, 0.3) is 5.92 Å². The number of halogens is 2. The Hall–Kier alpha value is -0.300. The molecule has 34 heavy (non-hydrogen) atoms. The summed E-state index contributed by atoms with van der Waals surface area (Å²) in [6, 6.07) is 0. The molecule has 6 aliphatic rings. The van der Waals surface area contributed by atoms with Crippen molar-refractivity contribution in [3.05, 3.63) is 0 Å². The van der Waals surface area contributed by atoms with Gasteiger partial charge < -0.3 is 20.7 Å². The molecule has 5 aliphatic carbocycles. The average Bonchev–Trinajstić information content (AvgIpc) is 3.06. The summed E-state index contributed by atoms with van der Waals surface area (Å²) < 4.78 is 36.3. The van der Waals surface area contributed by atoms with Gasteiger partial charge >= 0.3 is 0 Å². The fourth-order valence-corrected chi connectivity index (χ4v) is 11.3. The van der Waals surface area contributed by atoms with Crippen LogP contribution in [0.1, 0.15) is 98.8 Å². The molecule has 194 valence electrons. The molecule has 0 bridgehead atoms. The Morgan fingerprint density at radius 2 is 1.59 bits per heavy atom. The van der Waals surface area contributed by atoms with Crippen molar-refractivity contribution < 1.29 is 23.7 Å². The first-order chi connectivity index (χ1) is 15.5. The molecule has 5 saturated carbocycles. The Morgan fingerprint density at radius 1 is 0.912 bits per heavy atom. The Kier molecular flexibility index (Phi) is 4.65. The summed E-state index contributed by atoms with van der Waals surface area (Å²) >= 11 is 0. The van der Waals surface area contributed by atoms with E-state index in [1.54, 1.807) is 6.92 Å². The van der Waals surface area contributed by atoms with Crippen LogP contribution in [0.3, 0.4) is 0 Å². The highest BCUT2D eigenvalue weighted by molar-refractivity contribution is 5.31. The molecule has 0 amide bonds. The number of ether oxygens (including phenoxy) is 1. The predicted molar refractivity (Wildman–Crippen MR) is 126 cm³/mol. The second-order valence-corrected chi connectivity index (χ2v) is 14.7. The molecular formula is C28H45F2NO3. The number of fused-ring (bicyclic) bond motifs is 2. The van der Waals surface area contributed by atoms with Gasteiger partial charge in [0.15, 0.2) is 0 Å². The normalized spacial score (nSPS) is 60.2. The van der Waals surface area contributed by atoms with Crippen LogP contribution in [-0.2, 0) is 4.74 Å². The SMILES string of the molecule is CC(C)(O)C1CCC(C)(C2C(O)CC3C4CCC5C6(CCC(F)(F)[C@@]5(C)N)CC46CCC32C)O1. The zero-order valence-electron chi connectivity index (χ0n) is 21.7. The molecule has 1 heterocycles. The lowest BCUT2D eigenvalue weighted by atomic mass is 9.46. The molecule has 4 nitrogen and oxygen atoms in total. The lowest BCUT2D eigenvalue weighted by molar-refractivity contribution is -0.187. The summed E-state index contributed by atoms with van der Waals surface area (Å²) in [6.45, 7) is 9.77. The maximum atomic E-state index is 14.9. The second-order valence-electron chi connectivity index (χ2n) is 14.7. The predicted octanol–water partition coefficient (Wildman–Crippen LogP) is 5.04. The molecular weight excluding hydrogens is 436 g/mol. The molecule has 6 rings (SSSR count). The van der Waals surface area contributed by atoms with Gasteiger partial charge in [-0.1, -0.05) is 6.92 Å². The van der Waals surface area contributed by atoms with Gasteiger partial charge in [-0.2, -0.15) is 0 Å². The Bertz CT molecular complexity index is 887. The number of aliphatic hydroxyl groups is 2. The van der Waals surface area contributed by atoms with E-state index in [9.17, 15) is 19.0 Å². The highest BCUT2D eigenvalue weighted by Crippen LogP contribution is 2.87. The topological polar surface area (TPSA) is 75.7 Å². The molecule has 1 aliphatic heterocycles. The number of alkyl halides is 2. The van der Waals surface area contributed by atoms with Crippen molar-refractivity contribution in [1.82, 2.24) is 0 Å². The van der Waals surface area contributed by atoms with Crippen molar-refractivity contribution in [2.24, 2.45) is 45.7 Å². The van der Waals surface area contributed by atoms with E-state index in [0.29, 0.717) is 18.3 Å². The summed E-state index contributed by atoms with van der Waals surface area (Å²) in [4.78, 5) is 0. The van der Waals surface area contributed by atoms with E-state index in [1.165, 1.54) is 0 Å². The lowest BCUT2D eigenvalue weighted by Gasteiger charge is -2.60. The van der Waals surface area contributed by atoms with Gasteiger partial charge in [0.2, 0.25) is 0 Å². The zero-order valence-corrected chi connectivity index (χ0v) is 21.7. The van der Waals surface area contributed by atoms with Crippen LogP contribution in [0.15, 0.2) is 0 Å². The fourth-order valence-electron chi connectivity index (χ4n) is 11.3. The Labute approximate surface area is 203 Å². The van der Waals surface area contributed by atoms with Crippen molar-refractivity contribution in [3.8, 4) is 0 Å². The largest absolute Gasteiger partial charge is 0.393 e.